The molecule has 0 aliphatic heterocycles. The molecule has 3 aromatic rings. The minimum Gasteiger partial charge on any atom is -0.392 e. The number of rotatable bonds is 6. The highest BCUT2D eigenvalue weighted by molar-refractivity contribution is 5.78. The number of nitrogens with zero attached hydrogens (tertiary/aromatic N) is 3. The van der Waals surface area contributed by atoms with Crippen LogP contribution in [0.3, 0.4) is 0 Å². The van der Waals surface area contributed by atoms with Crippen molar-refractivity contribution in [2.45, 2.75) is 39.3 Å². The fourth-order valence-electron chi connectivity index (χ4n) is 2.68. The summed E-state index contributed by atoms with van der Waals surface area (Å²) >= 11 is 0. The minimum atomic E-state index is -0.430. The van der Waals surface area contributed by atoms with Gasteiger partial charge in [0.1, 0.15) is 0 Å². The number of benzene rings is 1. The number of fused-ring (bicyclic) bond motifs is 1. The van der Waals surface area contributed by atoms with Crippen molar-refractivity contribution in [2.24, 2.45) is 0 Å². The van der Waals surface area contributed by atoms with E-state index in [-0.39, 0.29) is 0 Å². The van der Waals surface area contributed by atoms with E-state index in [1.807, 2.05) is 24.3 Å². The van der Waals surface area contributed by atoms with E-state index in [0.29, 0.717) is 19.0 Å². The number of para-hydroxylation sites is 2. The third kappa shape index (κ3) is 3.57. The Morgan fingerprint density at radius 2 is 1.83 bits per heavy atom. The number of aliphatic hydroxyl groups is 1. The molecule has 2 N–H and O–H groups in total. The normalized spacial score (nSPS) is 12.7. The number of nitrogens with one attached hydrogen (secondary N) is 1. The van der Waals surface area contributed by atoms with Gasteiger partial charge in [0.2, 0.25) is 5.95 Å². The second-order valence-corrected chi connectivity index (χ2v) is 6.45. The molecule has 0 aliphatic rings. The van der Waals surface area contributed by atoms with E-state index in [1.54, 1.807) is 6.92 Å². The molecule has 24 heavy (non-hydrogen) atoms. The molecule has 3 rings (SSSR count). The van der Waals surface area contributed by atoms with Crippen LogP contribution in [-0.4, -0.2) is 32.3 Å². The molecule has 2 aromatic heterocycles. The van der Waals surface area contributed by atoms with Crippen LogP contribution < -0.4 is 5.32 Å². The van der Waals surface area contributed by atoms with E-state index < -0.39 is 6.10 Å². The Bertz CT molecular complexity index is 823. The summed E-state index contributed by atoms with van der Waals surface area (Å²) in [4.78, 5) is 9.42. The van der Waals surface area contributed by atoms with E-state index in [0.717, 1.165) is 28.4 Å². The van der Waals surface area contributed by atoms with Gasteiger partial charge in [0, 0.05) is 12.2 Å². The molecule has 0 radical (unpaired) electrons. The summed E-state index contributed by atoms with van der Waals surface area (Å²) in [5, 5.41) is 12.8. The maximum atomic E-state index is 9.55. The van der Waals surface area contributed by atoms with Crippen LogP contribution in [0.1, 0.15) is 38.1 Å². The van der Waals surface area contributed by atoms with Crippen molar-refractivity contribution in [1.82, 2.24) is 14.5 Å². The van der Waals surface area contributed by atoms with Gasteiger partial charge in [0.15, 0.2) is 0 Å². The molecule has 5 nitrogen and oxygen atoms in total. The number of imidazole rings is 1. The van der Waals surface area contributed by atoms with Crippen LogP contribution in [0.4, 0.5) is 5.95 Å². The Morgan fingerprint density at radius 1 is 1.04 bits per heavy atom. The molecule has 2 heterocycles. The van der Waals surface area contributed by atoms with Crippen LogP contribution >= 0.6 is 0 Å². The molecule has 126 valence electrons. The molecule has 0 saturated heterocycles. The SMILES string of the molecule is CC(O)CNc1nc2ccccc2n1Cc1cccc(C(C)C)n1. The van der Waals surface area contributed by atoms with Gasteiger partial charge >= 0.3 is 0 Å². The highest BCUT2D eigenvalue weighted by atomic mass is 16.3. The predicted molar refractivity (Wildman–Crippen MR) is 97.3 cm³/mol. The third-order valence-corrected chi connectivity index (χ3v) is 3.95. The quantitative estimate of drug-likeness (QED) is 0.729. The molecular weight excluding hydrogens is 300 g/mol. The largest absolute Gasteiger partial charge is 0.392 e. The monoisotopic (exact) mass is 324 g/mol. The predicted octanol–water partition coefficient (Wildman–Crippen LogP) is 3.40. The summed E-state index contributed by atoms with van der Waals surface area (Å²) in [6.07, 6.45) is -0.430. The Balaban J connectivity index is 1.97. The Kier molecular flexibility index (Phi) is 4.81. The Labute approximate surface area is 142 Å². The molecule has 0 fully saturated rings. The second-order valence-electron chi connectivity index (χ2n) is 6.45. The van der Waals surface area contributed by atoms with Crippen LogP contribution in [-0.2, 0) is 6.54 Å². The molecule has 1 unspecified atom stereocenters. The average Bonchev–Trinajstić information content (AvgIpc) is 2.91. The smallest absolute Gasteiger partial charge is 0.204 e. The lowest BCUT2D eigenvalue weighted by Crippen LogP contribution is -2.18. The number of aromatic nitrogens is 3. The maximum Gasteiger partial charge on any atom is 0.204 e. The molecule has 0 amide bonds. The first kappa shape index (κ1) is 16.5. The van der Waals surface area contributed by atoms with Gasteiger partial charge in [-0.05, 0) is 37.1 Å². The summed E-state index contributed by atoms with van der Waals surface area (Å²) in [6.45, 7) is 7.16. The first-order valence-electron chi connectivity index (χ1n) is 8.37. The lowest BCUT2D eigenvalue weighted by molar-refractivity contribution is 0.208. The van der Waals surface area contributed by atoms with Crippen LogP contribution in [0.25, 0.3) is 11.0 Å². The van der Waals surface area contributed by atoms with Crippen molar-refractivity contribution in [3.05, 3.63) is 53.9 Å². The highest BCUT2D eigenvalue weighted by Gasteiger charge is 2.12. The summed E-state index contributed by atoms with van der Waals surface area (Å²) in [6, 6.07) is 14.2. The molecule has 0 spiro atoms. The van der Waals surface area contributed by atoms with E-state index in [4.69, 9.17) is 4.98 Å². The van der Waals surface area contributed by atoms with E-state index in [9.17, 15) is 5.11 Å². The average molecular weight is 324 g/mol. The molecule has 0 aliphatic carbocycles. The first-order chi connectivity index (χ1) is 11.5. The van der Waals surface area contributed by atoms with Crippen LogP contribution in [0.2, 0.25) is 0 Å². The molecule has 0 saturated carbocycles. The van der Waals surface area contributed by atoms with Crippen LogP contribution in [0, 0.1) is 0 Å². The summed E-state index contributed by atoms with van der Waals surface area (Å²) in [5.74, 6) is 1.16. The minimum absolute atomic E-state index is 0.400. The van der Waals surface area contributed by atoms with Crippen molar-refractivity contribution in [3.8, 4) is 0 Å². The van der Waals surface area contributed by atoms with E-state index in [1.165, 1.54) is 0 Å². The highest BCUT2D eigenvalue weighted by Crippen LogP contribution is 2.21. The van der Waals surface area contributed by atoms with Gasteiger partial charge in [0.05, 0.1) is 29.4 Å². The lowest BCUT2D eigenvalue weighted by Gasteiger charge is -2.13. The van der Waals surface area contributed by atoms with Crippen molar-refractivity contribution in [1.29, 1.82) is 0 Å². The van der Waals surface area contributed by atoms with Crippen molar-refractivity contribution < 1.29 is 5.11 Å². The van der Waals surface area contributed by atoms with Crippen molar-refractivity contribution in [3.63, 3.8) is 0 Å². The lowest BCUT2D eigenvalue weighted by atomic mass is 10.1. The molecule has 5 heteroatoms. The van der Waals surface area contributed by atoms with Gasteiger partial charge in [-0.2, -0.15) is 0 Å². The summed E-state index contributed by atoms with van der Waals surface area (Å²) < 4.78 is 2.12. The van der Waals surface area contributed by atoms with Crippen LogP contribution in [0.15, 0.2) is 42.5 Å². The number of aliphatic hydroxyl groups excluding tert-OH is 1. The molecular formula is C19H24N4O. The number of hydrogen-bond acceptors (Lipinski definition) is 4. The molecule has 1 aromatic carbocycles. The zero-order chi connectivity index (χ0) is 17.1. The van der Waals surface area contributed by atoms with Gasteiger partial charge in [-0.3, -0.25) is 4.98 Å². The summed E-state index contributed by atoms with van der Waals surface area (Å²) in [5.41, 5.74) is 4.09. The van der Waals surface area contributed by atoms with Gasteiger partial charge in [-0.15, -0.1) is 0 Å². The maximum absolute atomic E-state index is 9.55. The number of hydrogen-bond donors (Lipinski definition) is 2. The zero-order valence-corrected chi connectivity index (χ0v) is 14.4. The van der Waals surface area contributed by atoms with E-state index >= 15 is 0 Å². The third-order valence-electron chi connectivity index (χ3n) is 3.95. The zero-order valence-electron chi connectivity index (χ0n) is 14.4. The van der Waals surface area contributed by atoms with Crippen molar-refractivity contribution in [2.75, 3.05) is 11.9 Å². The van der Waals surface area contributed by atoms with Crippen LogP contribution in [0.5, 0.6) is 0 Å². The topological polar surface area (TPSA) is 63.0 Å². The van der Waals surface area contributed by atoms with E-state index in [2.05, 4.69) is 46.9 Å². The molecule has 0 bridgehead atoms. The Morgan fingerprint density at radius 3 is 2.58 bits per heavy atom. The van der Waals surface area contributed by atoms with Gasteiger partial charge in [-0.25, -0.2) is 4.98 Å². The number of anilines is 1. The second kappa shape index (κ2) is 7.01. The number of pyridine rings is 1. The van der Waals surface area contributed by atoms with Gasteiger partial charge in [-0.1, -0.05) is 32.0 Å². The fraction of sp³-hybridized carbons (Fsp3) is 0.368. The fourth-order valence-corrected chi connectivity index (χ4v) is 2.68. The van der Waals surface area contributed by atoms with Crippen molar-refractivity contribution >= 4 is 17.0 Å². The van der Waals surface area contributed by atoms with Gasteiger partial charge in [0.25, 0.3) is 0 Å². The summed E-state index contributed by atoms with van der Waals surface area (Å²) in [7, 11) is 0. The first-order valence-corrected chi connectivity index (χ1v) is 8.37. The van der Waals surface area contributed by atoms with Gasteiger partial charge < -0.3 is 15.0 Å². The molecule has 1 atom stereocenters. The standard InChI is InChI=1S/C19H24N4O/c1-13(2)16-9-6-7-15(21-16)12-23-18-10-5-4-8-17(18)22-19(23)20-11-14(3)24/h4-10,13-14,24H,11-12H2,1-3H3,(H,20,22). The Hall–Kier alpha value is -2.40.